The molecule has 0 spiro atoms. The van der Waals surface area contributed by atoms with Gasteiger partial charge in [-0.3, -0.25) is 9.36 Å². The standard InChI is InChI=1S/C25H28FN7O4/c1-24(2,3)19-12-25(37,8-10-31(19)23(35)36)14-30-15-27-21-18(22(30)34)13-28-33(21)17-6-4-5-16(11-17)32-9-7-20(26)29-32/h4-7,9,11,13,15,19,37H,8,10,12,14H2,1-3H3,(H,35,36). The lowest BCUT2D eigenvalue weighted by Crippen LogP contribution is -2.58. The third-order valence-corrected chi connectivity index (χ3v) is 6.93. The van der Waals surface area contributed by atoms with Gasteiger partial charge in [0.25, 0.3) is 5.56 Å². The van der Waals surface area contributed by atoms with Gasteiger partial charge in [-0.15, -0.1) is 5.10 Å². The summed E-state index contributed by atoms with van der Waals surface area (Å²) >= 11 is 0. The van der Waals surface area contributed by atoms with Gasteiger partial charge in [0.05, 0.1) is 29.7 Å². The number of fused-ring (bicyclic) bond motifs is 1. The predicted octanol–water partition coefficient (Wildman–Crippen LogP) is 2.83. The Morgan fingerprint density at radius 2 is 2.00 bits per heavy atom. The summed E-state index contributed by atoms with van der Waals surface area (Å²) < 4.78 is 17.6. The van der Waals surface area contributed by atoms with E-state index in [1.807, 2.05) is 20.8 Å². The van der Waals surface area contributed by atoms with Gasteiger partial charge in [-0.05, 0) is 36.5 Å². The molecule has 37 heavy (non-hydrogen) atoms. The minimum absolute atomic E-state index is 0.0136. The van der Waals surface area contributed by atoms with Crippen LogP contribution in [-0.4, -0.2) is 68.5 Å². The quantitative estimate of drug-likeness (QED) is 0.432. The van der Waals surface area contributed by atoms with E-state index in [0.29, 0.717) is 17.0 Å². The number of piperidine rings is 1. The van der Waals surface area contributed by atoms with Crippen molar-refractivity contribution in [2.45, 2.75) is 51.8 Å². The molecule has 1 amide bonds. The highest BCUT2D eigenvalue weighted by Gasteiger charge is 2.45. The van der Waals surface area contributed by atoms with Crippen molar-refractivity contribution in [1.82, 2.24) is 34.0 Å². The van der Waals surface area contributed by atoms with E-state index in [4.69, 9.17) is 0 Å². The van der Waals surface area contributed by atoms with Crippen molar-refractivity contribution in [3.05, 3.63) is 65.4 Å². The highest BCUT2D eigenvalue weighted by molar-refractivity contribution is 5.75. The molecule has 2 unspecified atom stereocenters. The zero-order chi connectivity index (χ0) is 26.5. The Labute approximate surface area is 211 Å². The Morgan fingerprint density at radius 1 is 1.24 bits per heavy atom. The van der Waals surface area contributed by atoms with Crippen molar-refractivity contribution >= 4 is 17.1 Å². The molecular formula is C25H28FN7O4. The van der Waals surface area contributed by atoms with Gasteiger partial charge in [-0.25, -0.2) is 19.1 Å². The molecule has 11 nitrogen and oxygen atoms in total. The Kier molecular flexibility index (Phi) is 5.86. The first-order valence-corrected chi connectivity index (χ1v) is 11.9. The fourth-order valence-corrected chi connectivity index (χ4v) is 4.98. The van der Waals surface area contributed by atoms with Crippen LogP contribution in [0.15, 0.2) is 53.8 Å². The van der Waals surface area contributed by atoms with E-state index < -0.39 is 29.1 Å². The number of carboxylic acid groups (broad SMARTS) is 1. The molecule has 12 heteroatoms. The minimum Gasteiger partial charge on any atom is -0.465 e. The first-order chi connectivity index (χ1) is 17.4. The summed E-state index contributed by atoms with van der Waals surface area (Å²) in [5.41, 5.74) is -0.458. The number of aliphatic hydroxyl groups is 1. The monoisotopic (exact) mass is 509 g/mol. The van der Waals surface area contributed by atoms with E-state index in [1.165, 1.54) is 43.6 Å². The molecule has 4 aromatic rings. The van der Waals surface area contributed by atoms with Crippen LogP contribution in [0.5, 0.6) is 0 Å². The van der Waals surface area contributed by atoms with Crippen LogP contribution < -0.4 is 5.56 Å². The molecule has 1 saturated heterocycles. The van der Waals surface area contributed by atoms with Gasteiger partial charge in [-0.2, -0.15) is 9.49 Å². The summed E-state index contributed by atoms with van der Waals surface area (Å²) in [5, 5.41) is 29.4. The van der Waals surface area contributed by atoms with Crippen molar-refractivity contribution in [1.29, 1.82) is 0 Å². The molecule has 1 aliphatic rings. The summed E-state index contributed by atoms with van der Waals surface area (Å²) in [6, 6.07) is 7.91. The molecule has 0 aliphatic carbocycles. The highest BCUT2D eigenvalue weighted by atomic mass is 19.1. The number of aromatic nitrogens is 6. The Bertz CT molecular complexity index is 1540. The molecule has 194 valence electrons. The highest BCUT2D eigenvalue weighted by Crippen LogP contribution is 2.37. The number of nitrogens with zero attached hydrogens (tertiary/aromatic N) is 7. The maximum Gasteiger partial charge on any atom is 0.407 e. The molecule has 1 fully saturated rings. The largest absolute Gasteiger partial charge is 0.465 e. The maximum absolute atomic E-state index is 13.4. The van der Waals surface area contributed by atoms with Crippen molar-refractivity contribution in [2.24, 2.45) is 5.41 Å². The van der Waals surface area contributed by atoms with E-state index >= 15 is 0 Å². The predicted molar refractivity (Wildman–Crippen MR) is 132 cm³/mol. The molecule has 1 aliphatic heterocycles. The molecule has 4 heterocycles. The lowest BCUT2D eigenvalue weighted by atomic mass is 9.75. The summed E-state index contributed by atoms with van der Waals surface area (Å²) in [6.07, 6.45) is 3.70. The SMILES string of the molecule is CC(C)(C)C1CC(O)(Cn2cnc3c(cnn3-c3cccc(-n4ccc(F)n4)c3)c2=O)CCN1C(=O)O. The van der Waals surface area contributed by atoms with Gasteiger partial charge in [-0.1, -0.05) is 26.8 Å². The lowest BCUT2D eigenvalue weighted by molar-refractivity contribution is -0.0738. The van der Waals surface area contributed by atoms with Crippen LogP contribution in [0.4, 0.5) is 9.18 Å². The van der Waals surface area contributed by atoms with Crippen molar-refractivity contribution in [3.63, 3.8) is 0 Å². The van der Waals surface area contributed by atoms with Crippen molar-refractivity contribution < 1.29 is 19.4 Å². The van der Waals surface area contributed by atoms with E-state index in [1.54, 1.807) is 24.3 Å². The maximum atomic E-state index is 13.4. The first kappa shape index (κ1) is 24.6. The van der Waals surface area contributed by atoms with Crippen LogP contribution in [0.2, 0.25) is 0 Å². The van der Waals surface area contributed by atoms with E-state index in [0.717, 1.165) is 0 Å². The fourth-order valence-electron chi connectivity index (χ4n) is 4.98. The summed E-state index contributed by atoms with van der Waals surface area (Å²) in [6.45, 7) is 5.97. The van der Waals surface area contributed by atoms with Crippen LogP contribution in [0, 0.1) is 11.4 Å². The van der Waals surface area contributed by atoms with Gasteiger partial charge in [0, 0.05) is 24.8 Å². The van der Waals surface area contributed by atoms with E-state index in [2.05, 4.69) is 15.2 Å². The number of rotatable bonds is 4. The molecule has 1 aromatic carbocycles. The molecule has 0 saturated carbocycles. The van der Waals surface area contributed by atoms with Crippen LogP contribution in [0.25, 0.3) is 22.4 Å². The molecule has 3 aromatic heterocycles. The molecule has 0 bridgehead atoms. The zero-order valence-electron chi connectivity index (χ0n) is 20.7. The topological polar surface area (TPSA) is 131 Å². The Balaban J connectivity index is 1.45. The fraction of sp³-hybridized carbons (Fsp3) is 0.400. The van der Waals surface area contributed by atoms with E-state index in [-0.39, 0.29) is 36.9 Å². The molecule has 2 N–H and O–H groups in total. The second kappa shape index (κ2) is 8.80. The number of carbonyl (C=O) groups is 1. The van der Waals surface area contributed by atoms with Gasteiger partial charge >= 0.3 is 6.09 Å². The molecule has 5 rings (SSSR count). The third-order valence-electron chi connectivity index (χ3n) is 6.93. The average Bonchev–Trinajstić information content (AvgIpc) is 3.47. The lowest BCUT2D eigenvalue weighted by Gasteiger charge is -2.48. The average molecular weight is 510 g/mol. The minimum atomic E-state index is -1.27. The van der Waals surface area contributed by atoms with E-state index in [9.17, 15) is 24.2 Å². The smallest absolute Gasteiger partial charge is 0.407 e. The van der Waals surface area contributed by atoms with Gasteiger partial charge < -0.3 is 15.1 Å². The molecular weight excluding hydrogens is 481 g/mol. The Morgan fingerprint density at radius 3 is 2.68 bits per heavy atom. The van der Waals surface area contributed by atoms with Gasteiger partial charge in [0.1, 0.15) is 11.7 Å². The first-order valence-electron chi connectivity index (χ1n) is 11.9. The second-order valence-corrected chi connectivity index (χ2v) is 10.6. The second-order valence-electron chi connectivity index (χ2n) is 10.6. The number of hydrogen-bond donors (Lipinski definition) is 2. The molecule has 0 radical (unpaired) electrons. The van der Waals surface area contributed by atoms with Crippen LogP contribution in [0.3, 0.4) is 0 Å². The summed E-state index contributed by atoms with van der Waals surface area (Å²) in [4.78, 5) is 30.9. The normalized spacial score (nSPS) is 20.5. The van der Waals surface area contributed by atoms with Gasteiger partial charge in [0.2, 0.25) is 5.95 Å². The number of likely N-dealkylation sites (tertiary alicyclic amines) is 1. The molecule has 2 atom stereocenters. The van der Waals surface area contributed by atoms with Gasteiger partial charge in [0.15, 0.2) is 5.65 Å². The zero-order valence-corrected chi connectivity index (χ0v) is 20.7. The number of amides is 1. The third kappa shape index (κ3) is 4.59. The summed E-state index contributed by atoms with van der Waals surface area (Å²) in [7, 11) is 0. The number of hydrogen-bond acceptors (Lipinski definition) is 6. The van der Waals surface area contributed by atoms with Crippen LogP contribution in [-0.2, 0) is 6.54 Å². The number of benzene rings is 1. The van der Waals surface area contributed by atoms with Crippen molar-refractivity contribution in [2.75, 3.05) is 6.54 Å². The Hall–Kier alpha value is -4.06. The van der Waals surface area contributed by atoms with Crippen molar-refractivity contribution in [3.8, 4) is 11.4 Å². The summed E-state index contributed by atoms with van der Waals surface area (Å²) in [5.74, 6) is -0.596. The van der Waals surface area contributed by atoms with Crippen LogP contribution in [0.1, 0.15) is 33.6 Å². The van der Waals surface area contributed by atoms with Crippen LogP contribution >= 0.6 is 0 Å². The number of halogens is 1.